The summed E-state index contributed by atoms with van der Waals surface area (Å²) in [5.74, 6) is -0.174. The number of amides is 1. The second-order valence-corrected chi connectivity index (χ2v) is 6.74. The van der Waals surface area contributed by atoms with Crippen molar-refractivity contribution in [3.05, 3.63) is 76.2 Å². The third-order valence-corrected chi connectivity index (χ3v) is 4.84. The Kier molecular flexibility index (Phi) is 4.98. The number of aromatic nitrogens is 2. The zero-order valence-corrected chi connectivity index (χ0v) is 14.9. The van der Waals surface area contributed by atoms with E-state index in [1.165, 1.54) is 5.56 Å². The molecule has 2 aromatic carbocycles. The molecule has 1 aliphatic rings. The molecule has 6 nitrogen and oxygen atoms in total. The predicted octanol–water partition coefficient (Wildman–Crippen LogP) is 2.40. The largest absolute Gasteiger partial charge is 0.375 e. The minimum Gasteiger partial charge on any atom is -0.375 e. The maximum Gasteiger partial charge on any atom is 0.275 e. The van der Waals surface area contributed by atoms with Crippen molar-refractivity contribution in [2.75, 3.05) is 19.7 Å². The van der Waals surface area contributed by atoms with E-state index < -0.39 is 0 Å². The standard InChI is InChI=1S/C21H21N3O3/c25-20-18-11-5-4-10-17(18)19(22-23-20)21(26)24-13-16(14-24)27-12-6-9-15-7-2-1-3-8-15/h1-5,7-8,10-11,16H,6,9,12-14H2,(H,23,25). The van der Waals surface area contributed by atoms with Gasteiger partial charge >= 0.3 is 0 Å². The highest BCUT2D eigenvalue weighted by molar-refractivity contribution is 6.05. The molecule has 0 saturated carbocycles. The molecule has 0 radical (unpaired) electrons. The average molecular weight is 363 g/mol. The molecule has 6 heteroatoms. The van der Waals surface area contributed by atoms with Crippen LogP contribution in [0.5, 0.6) is 0 Å². The Morgan fingerprint density at radius 3 is 2.56 bits per heavy atom. The number of H-pyrrole nitrogens is 1. The van der Waals surface area contributed by atoms with E-state index >= 15 is 0 Å². The molecule has 1 amide bonds. The van der Waals surface area contributed by atoms with Crippen molar-refractivity contribution in [3.8, 4) is 0 Å². The summed E-state index contributed by atoms with van der Waals surface area (Å²) in [7, 11) is 0. The number of hydrogen-bond donors (Lipinski definition) is 1. The molecule has 0 unspecified atom stereocenters. The quantitative estimate of drug-likeness (QED) is 0.683. The van der Waals surface area contributed by atoms with Gasteiger partial charge in [-0.3, -0.25) is 9.59 Å². The van der Waals surface area contributed by atoms with Crippen LogP contribution in [0.3, 0.4) is 0 Å². The minimum atomic E-state index is -0.287. The first-order valence-electron chi connectivity index (χ1n) is 9.14. The zero-order chi connectivity index (χ0) is 18.6. The van der Waals surface area contributed by atoms with E-state index in [0.717, 1.165) is 12.8 Å². The SMILES string of the molecule is O=C(c1n[nH]c(=O)c2ccccc12)N1CC(OCCCc2ccccc2)C1. The first-order chi connectivity index (χ1) is 13.2. The van der Waals surface area contributed by atoms with Gasteiger partial charge < -0.3 is 9.64 Å². The van der Waals surface area contributed by atoms with Crippen LogP contribution in [0, 0.1) is 0 Å². The van der Waals surface area contributed by atoms with E-state index in [1.54, 1.807) is 29.2 Å². The van der Waals surface area contributed by atoms with Gasteiger partial charge in [-0.2, -0.15) is 5.10 Å². The third kappa shape index (κ3) is 3.75. The number of aromatic amines is 1. The maximum absolute atomic E-state index is 12.7. The van der Waals surface area contributed by atoms with Crippen molar-refractivity contribution >= 4 is 16.7 Å². The monoisotopic (exact) mass is 363 g/mol. The molecule has 138 valence electrons. The number of aryl methyl sites for hydroxylation is 1. The lowest BCUT2D eigenvalue weighted by Gasteiger charge is -2.38. The highest BCUT2D eigenvalue weighted by atomic mass is 16.5. The number of rotatable bonds is 6. The molecule has 2 heterocycles. The van der Waals surface area contributed by atoms with Crippen LogP contribution in [0.25, 0.3) is 10.8 Å². The second kappa shape index (κ2) is 7.72. The van der Waals surface area contributed by atoms with E-state index in [4.69, 9.17) is 4.74 Å². The van der Waals surface area contributed by atoms with E-state index in [0.29, 0.717) is 30.5 Å². The predicted molar refractivity (Wildman–Crippen MR) is 103 cm³/mol. The Morgan fingerprint density at radius 2 is 1.78 bits per heavy atom. The van der Waals surface area contributed by atoms with Crippen LogP contribution in [-0.4, -0.2) is 46.8 Å². The van der Waals surface area contributed by atoms with Gasteiger partial charge in [0.05, 0.1) is 11.5 Å². The summed E-state index contributed by atoms with van der Waals surface area (Å²) < 4.78 is 5.85. The van der Waals surface area contributed by atoms with E-state index in [9.17, 15) is 9.59 Å². The fourth-order valence-corrected chi connectivity index (χ4v) is 3.31. The first-order valence-corrected chi connectivity index (χ1v) is 9.14. The third-order valence-electron chi connectivity index (χ3n) is 4.84. The van der Waals surface area contributed by atoms with Gasteiger partial charge in [0.15, 0.2) is 5.69 Å². The fraction of sp³-hybridized carbons (Fsp3) is 0.286. The van der Waals surface area contributed by atoms with Crippen molar-refractivity contribution in [2.24, 2.45) is 0 Å². The first kappa shape index (κ1) is 17.4. The molecule has 1 aliphatic heterocycles. The van der Waals surface area contributed by atoms with Crippen molar-refractivity contribution < 1.29 is 9.53 Å². The molecule has 1 saturated heterocycles. The molecule has 1 fully saturated rings. The molecule has 27 heavy (non-hydrogen) atoms. The lowest BCUT2D eigenvalue weighted by Crippen LogP contribution is -2.55. The summed E-state index contributed by atoms with van der Waals surface area (Å²) in [5.41, 5.74) is 1.31. The zero-order valence-electron chi connectivity index (χ0n) is 14.9. The van der Waals surface area contributed by atoms with Gasteiger partial charge in [-0.25, -0.2) is 5.10 Å². The van der Waals surface area contributed by atoms with Crippen molar-refractivity contribution in [1.29, 1.82) is 0 Å². The summed E-state index contributed by atoms with van der Waals surface area (Å²) in [4.78, 5) is 26.2. The topological polar surface area (TPSA) is 75.3 Å². The van der Waals surface area contributed by atoms with Gasteiger partial charge in [-0.15, -0.1) is 0 Å². The number of nitrogens with one attached hydrogen (secondary N) is 1. The van der Waals surface area contributed by atoms with Crippen LogP contribution in [-0.2, 0) is 11.2 Å². The molecule has 3 aromatic rings. The summed E-state index contributed by atoms with van der Waals surface area (Å²) in [6.07, 6.45) is 2.02. The maximum atomic E-state index is 12.7. The number of hydrogen-bond acceptors (Lipinski definition) is 4. The number of likely N-dealkylation sites (tertiary alicyclic amines) is 1. The molecule has 1 aromatic heterocycles. The lowest BCUT2D eigenvalue weighted by molar-refractivity contribution is -0.0431. The molecule has 4 rings (SSSR count). The highest BCUT2D eigenvalue weighted by Gasteiger charge is 2.33. The van der Waals surface area contributed by atoms with Crippen LogP contribution >= 0.6 is 0 Å². The molecule has 1 N–H and O–H groups in total. The summed E-state index contributed by atoms with van der Waals surface area (Å²) in [6.45, 7) is 1.79. The van der Waals surface area contributed by atoms with Gasteiger partial charge in [0.25, 0.3) is 11.5 Å². The van der Waals surface area contributed by atoms with Crippen LogP contribution in [0.4, 0.5) is 0 Å². The molecule has 0 aliphatic carbocycles. The average Bonchev–Trinajstić information content (AvgIpc) is 2.67. The van der Waals surface area contributed by atoms with E-state index in [2.05, 4.69) is 22.3 Å². The molecular formula is C21H21N3O3. The number of benzene rings is 2. The number of nitrogens with zero attached hydrogens (tertiary/aromatic N) is 2. The summed E-state index contributed by atoms with van der Waals surface area (Å²) in [6, 6.07) is 17.4. The number of carbonyl (C=O) groups is 1. The Morgan fingerprint density at radius 1 is 1.07 bits per heavy atom. The summed E-state index contributed by atoms with van der Waals surface area (Å²) >= 11 is 0. The van der Waals surface area contributed by atoms with Gasteiger partial charge in [0.1, 0.15) is 0 Å². The van der Waals surface area contributed by atoms with Crippen molar-refractivity contribution in [2.45, 2.75) is 18.9 Å². The van der Waals surface area contributed by atoms with Crippen LogP contribution in [0.1, 0.15) is 22.5 Å². The minimum absolute atomic E-state index is 0.0683. The Hall–Kier alpha value is -2.99. The van der Waals surface area contributed by atoms with Crippen LogP contribution in [0.2, 0.25) is 0 Å². The van der Waals surface area contributed by atoms with Crippen molar-refractivity contribution in [1.82, 2.24) is 15.1 Å². The Balaban J connectivity index is 1.29. The normalized spacial score (nSPS) is 14.3. The van der Waals surface area contributed by atoms with Gasteiger partial charge in [-0.1, -0.05) is 48.5 Å². The Labute approximate surface area is 156 Å². The van der Waals surface area contributed by atoms with E-state index in [-0.39, 0.29) is 23.3 Å². The number of ether oxygens (including phenoxy) is 1. The van der Waals surface area contributed by atoms with E-state index in [1.807, 2.05) is 18.2 Å². The van der Waals surface area contributed by atoms with Gasteiger partial charge in [-0.05, 0) is 24.5 Å². The Bertz CT molecular complexity index is 994. The van der Waals surface area contributed by atoms with Gasteiger partial charge in [0, 0.05) is 25.1 Å². The van der Waals surface area contributed by atoms with Crippen LogP contribution in [0.15, 0.2) is 59.4 Å². The molecule has 0 bridgehead atoms. The smallest absolute Gasteiger partial charge is 0.275 e. The molecular weight excluding hydrogens is 342 g/mol. The van der Waals surface area contributed by atoms with Gasteiger partial charge in [0.2, 0.25) is 0 Å². The second-order valence-electron chi connectivity index (χ2n) is 6.74. The molecule has 0 atom stereocenters. The number of fused-ring (bicyclic) bond motifs is 1. The van der Waals surface area contributed by atoms with Crippen LogP contribution < -0.4 is 5.56 Å². The fourth-order valence-electron chi connectivity index (χ4n) is 3.31. The lowest BCUT2D eigenvalue weighted by atomic mass is 10.1. The molecule has 0 spiro atoms. The van der Waals surface area contributed by atoms with Crippen molar-refractivity contribution in [3.63, 3.8) is 0 Å². The number of carbonyl (C=O) groups excluding carboxylic acids is 1. The highest BCUT2D eigenvalue weighted by Crippen LogP contribution is 2.19. The summed E-state index contributed by atoms with van der Waals surface area (Å²) in [5, 5.41) is 7.44.